The van der Waals surface area contributed by atoms with Crippen LogP contribution in [0, 0.1) is 5.92 Å². The first-order chi connectivity index (χ1) is 9.65. The fourth-order valence-corrected chi connectivity index (χ4v) is 2.67. The van der Waals surface area contributed by atoms with E-state index in [-0.39, 0.29) is 18.1 Å². The lowest BCUT2D eigenvalue weighted by molar-refractivity contribution is -0.124. The summed E-state index contributed by atoms with van der Waals surface area (Å²) in [6.07, 6.45) is 3.12. The molecule has 2 aromatic rings. The molecule has 1 aromatic heterocycles. The Labute approximate surface area is 117 Å². The second kappa shape index (κ2) is 5.25. The van der Waals surface area contributed by atoms with Crippen molar-refractivity contribution < 1.29 is 9.90 Å². The van der Waals surface area contributed by atoms with Gasteiger partial charge in [0.1, 0.15) is 6.04 Å². The molecule has 1 aliphatic rings. The second-order valence-electron chi connectivity index (χ2n) is 5.55. The molecule has 1 unspecified atom stereocenters. The van der Waals surface area contributed by atoms with Crippen molar-refractivity contribution in [1.82, 2.24) is 14.9 Å². The van der Waals surface area contributed by atoms with Crippen molar-refractivity contribution in [3.05, 3.63) is 30.6 Å². The number of aliphatic hydroxyl groups excluding tert-OH is 1. The summed E-state index contributed by atoms with van der Waals surface area (Å²) < 4.78 is 1.89. The van der Waals surface area contributed by atoms with Crippen molar-refractivity contribution in [3.63, 3.8) is 0 Å². The van der Waals surface area contributed by atoms with E-state index in [2.05, 4.69) is 10.3 Å². The highest BCUT2D eigenvalue weighted by Gasteiger charge is 2.28. The summed E-state index contributed by atoms with van der Waals surface area (Å²) in [6, 6.07) is 7.50. The van der Waals surface area contributed by atoms with E-state index in [4.69, 9.17) is 0 Å². The van der Waals surface area contributed by atoms with E-state index in [9.17, 15) is 9.90 Å². The maximum Gasteiger partial charge on any atom is 0.242 e. The molecule has 20 heavy (non-hydrogen) atoms. The zero-order valence-electron chi connectivity index (χ0n) is 11.5. The molecule has 1 heterocycles. The van der Waals surface area contributed by atoms with Crippen molar-refractivity contribution >= 4 is 16.9 Å². The average molecular weight is 273 g/mol. The lowest BCUT2D eigenvalue weighted by Gasteiger charge is -2.31. The summed E-state index contributed by atoms with van der Waals surface area (Å²) in [5, 5.41) is 12.2. The lowest BCUT2D eigenvalue weighted by Crippen LogP contribution is -2.40. The smallest absolute Gasteiger partial charge is 0.242 e. The molecule has 0 saturated heterocycles. The maximum absolute atomic E-state index is 12.2. The maximum atomic E-state index is 12.2. The number of hydrogen-bond acceptors (Lipinski definition) is 3. The fourth-order valence-electron chi connectivity index (χ4n) is 2.67. The van der Waals surface area contributed by atoms with Gasteiger partial charge in [0.25, 0.3) is 0 Å². The van der Waals surface area contributed by atoms with E-state index in [0.29, 0.717) is 12.5 Å². The third kappa shape index (κ3) is 2.41. The molecular formula is C15H19N3O2. The number of nitrogens with zero attached hydrogens (tertiary/aromatic N) is 2. The lowest BCUT2D eigenvalue weighted by atomic mass is 9.82. The van der Waals surface area contributed by atoms with Gasteiger partial charge in [-0.2, -0.15) is 0 Å². The van der Waals surface area contributed by atoms with Gasteiger partial charge in [0.15, 0.2) is 0 Å². The Bertz CT molecular complexity index is 616. The van der Waals surface area contributed by atoms with E-state index in [1.807, 2.05) is 35.8 Å². The van der Waals surface area contributed by atoms with Gasteiger partial charge in [-0.1, -0.05) is 12.1 Å². The summed E-state index contributed by atoms with van der Waals surface area (Å²) in [7, 11) is 0. The highest BCUT2D eigenvalue weighted by Crippen LogP contribution is 2.26. The highest BCUT2D eigenvalue weighted by molar-refractivity contribution is 5.83. The number of imidazole rings is 1. The molecule has 0 radical (unpaired) electrons. The molecule has 5 heteroatoms. The summed E-state index contributed by atoms with van der Waals surface area (Å²) in [6.45, 7) is 2.52. The minimum Gasteiger partial charge on any atom is -0.393 e. The summed E-state index contributed by atoms with van der Waals surface area (Å²) in [5.41, 5.74) is 1.86. The number of benzene rings is 1. The van der Waals surface area contributed by atoms with Gasteiger partial charge in [-0.3, -0.25) is 4.79 Å². The Morgan fingerprint density at radius 3 is 3.00 bits per heavy atom. The van der Waals surface area contributed by atoms with Crippen LogP contribution in [-0.2, 0) is 4.79 Å². The van der Waals surface area contributed by atoms with Gasteiger partial charge in [-0.05, 0) is 37.8 Å². The number of aliphatic hydroxyl groups is 1. The predicted octanol–water partition coefficient (Wildman–Crippen LogP) is 1.48. The van der Waals surface area contributed by atoms with Crippen molar-refractivity contribution in [2.75, 3.05) is 6.54 Å². The van der Waals surface area contributed by atoms with E-state index in [1.54, 1.807) is 6.33 Å². The van der Waals surface area contributed by atoms with Gasteiger partial charge in [0.05, 0.1) is 23.5 Å². The Kier molecular flexibility index (Phi) is 3.44. The molecule has 1 saturated carbocycles. The Morgan fingerprint density at radius 1 is 1.50 bits per heavy atom. The molecule has 5 nitrogen and oxygen atoms in total. The first kappa shape index (κ1) is 13.1. The van der Waals surface area contributed by atoms with Crippen LogP contribution in [0.4, 0.5) is 0 Å². The zero-order valence-corrected chi connectivity index (χ0v) is 11.5. The number of carbonyl (C=O) groups is 1. The van der Waals surface area contributed by atoms with Crippen LogP contribution < -0.4 is 5.32 Å². The second-order valence-corrected chi connectivity index (χ2v) is 5.55. The molecule has 106 valence electrons. The van der Waals surface area contributed by atoms with Gasteiger partial charge in [-0.25, -0.2) is 4.98 Å². The largest absolute Gasteiger partial charge is 0.393 e. The van der Waals surface area contributed by atoms with Crippen LogP contribution in [0.15, 0.2) is 30.6 Å². The van der Waals surface area contributed by atoms with E-state index in [1.165, 1.54) is 0 Å². The van der Waals surface area contributed by atoms with Crippen LogP contribution in [0.5, 0.6) is 0 Å². The van der Waals surface area contributed by atoms with E-state index >= 15 is 0 Å². The average Bonchev–Trinajstić information content (AvgIpc) is 2.85. The predicted molar refractivity (Wildman–Crippen MR) is 76.2 cm³/mol. The first-order valence-corrected chi connectivity index (χ1v) is 7.02. The molecule has 0 bridgehead atoms. The van der Waals surface area contributed by atoms with Crippen LogP contribution >= 0.6 is 0 Å². The summed E-state index contributed by atoms with van der Waals surface area (Å²) in [4.78, 5) is 16.5. The van der Waals surface area contributed by atoms with E-state index < -0.39 is 0 Å². The number of nitrogens with one attached hydrogen (secondary N) is 1. The third-order valence-corrected chi connectivity index (χ3v) is 4.05. The van der Waals surface area contributed by atoms with Crippen LogP contribution in [0.25, 0.3) is 11.0 Å². The summed E-state index contributed by atoms with van der Waals surface area (Å²) in [5.74, 6) is 0.412. The number of carbonyl (C=O) groups excluding carboxylic acids is 1. The molecule has 1 aliphatic carbocycles. The SMILES string of the molecule is CC(C(=O)NCC1CC(O)C1)n1cnc2ccccc21. The van der Waals surface area contributed by atoms with Gasteiger partial charge < -0.3 is 15.0 Å². The molecule has 1 atom stereocenters. The van der Waals surface area contributed by atoms with Crippen LogP contribution in [0.2, 0.25) is 0 Å². The van der Waals surface area contributed by atoms with Crippen molar-refractivity contribution in [2.24, 2.45) is 5.92 Å². The Balaban J connectivity index is 1.65. The Hall–Kier alpha value is -1.88. The fraction of sp³-hybridized carbons (Fsp3) is 0.467. The minimum absolute atomic E-state index is 0.00505. The van der Waals surface area contributed by atoms with Crippen molar-refractivity contribution in [1.29, 1.82) is 0 Å². The number of amides is 1. The molecule has 1 fully saturated rings. The molecule has 2 N–H and O–H groups in total. The molecule has 0 aliphatic heterocycles. The number of rotatable bonds is 4. The topological polar surface area (TPSA) is 67.2 Å². The van der Waals surface area contributed by atoms with Crippen molar-refractivity contribution in [3.8, 4) is 0 Å². The first-order valence-electron chi connectivity index (χ1n) is 7.02. The van der Waals surface area contributed by atoms with Crippen LogP contribution in [0.1, 0.15) is 25.8 Å². The zero-order chi connectivity index (χ0) is 14.1. The molecule has 1 amide bonds. The summed E-state index contributed by atoms with van der Waals surface area (Å²) >= 11 is 0. The number of aromatic nitrogens is 2. The molecule has 0 spiro atoms. The van der Waals surface area contributed by atoms with Gasteiger partial charge in [-0.15, -0.1) is 0 Å². The van der Waals surface area contributed by atoms with Gasteiger partial charge >= 0.3 is 0 Å². The molecule has 1 aromatic carbocycles. The highest BCUT2D eigenvalue weighted by atomic mass is 16.3. The quantitative estimate of drug-likeness (QED) is 0.886. The third-order valence-electron chi connectivity index (χ3n) is 4.05. The van der Waals surface area contributed by atoms with Gasteiger partial charge in [0, 0.05) is 6.54 Å². The Morgan fingerprint density at radius 2 is 2.25 bits per heavy atom. The number of hydrogen-bond donors (Lipinski definition) is 2. The molecule has 3 rings (SSSR count). The number of fused-ring (bicyclic) bond motifs is 1. The monoisotopic (exact) mass is 273 g/mol. The standard InChI is InChI=1S/C15H19N3O2/c1-10(15(20)16-8-11-6-12(19)7-11)18-9-17-13-4-2-3-5-14(13)18/h2-5,9-12,19H,6-8H2,1H3,(H,16,20). The van der Waals surface area contributed by atoms with Crippen molar-refractivity contribution in [2.45, 2.75) is 31.9 Å². The molecular weight excluding hydrogens is 254 g/mol. The number of para-hydroxylation sites is 2. The van der Waals surface area contributed by atoms with E-state index in [0.717, 1.165) is 23.9 Å². The van der Waals surface area contributed by atoms with Gasteiger partial charge in [0.2, 0.25) is 5.91 Å². The minimum atomic E-state index is -0.285. The normalized spacial score (nSPS) is 23.3. The van der Waals surface area contributed by atoms with Crippen LogP contribution in [0.3, 0.4) is 0 Å². The van der Waals surface area contributed by atoms with Crippen LogP contribution in [-0.4, -0.2) is 33.2 Å².